The van der Waals surface area contributed by atoms with E-state index in [1.807, 2.05) is 12.1 Å². The quantitative estimate of drug-likeness (QED) is 0.709. The predicted molar refractivity (Wildman–Crippen MR) is 60.1 cm³/mol. The average Bonchev–Trinajstić information content (AvgIpc) is 3.01. The highest BCUT2D eigenvalue weighted by Gasteiger charge is 2.37. The molecule has 2 aromatic rings. The highest BCUT2D eigenvalue weighted by Crippen LogP contribution is 2.30. The lowest BCUT2D eigenvalue weighted by molar-refractivity contribution is -0.0228. The third-order valence-corrected chi connectivity index (χ3v) is 3.09. The van der Waals surface area contributed by atoms with E-state index < -0.39 is 5.60 Å². The van der Waals surface area contributed by atoms with Crippen LogP contribution in [0.5, 0.6) is 0 Å². The Balaban J connectivity index is 1.89. The van der Waals surface area contributed by atoms with E-state index in [1.165, 1.54) is 0 Å². The molecule has 17 heavy (non-hydrogen) atoms. The van der Waals surface area contributed by atoms with Gasteiger partial charge in [0.2, 0.25) is 5.82 Å². The number of aromatic nitrogens is 3. The largest absolute Gasteiger partial charge is 0.380 e. The van der Waals surface area contributed by atoms with E-state index in [1.54, 1.807) is 6.20 Å². The van der Waals surface area contributed by atoms with Gasteiger partial charge in [-0.2, -0.15) is 4.98 Å². The molecule has 0 aliphatic carbocycles. The Labute approximate surface area is 98.0 Å². The summed E-state index contributed by atoms with van der Waals surface area (Å²) in [4.78, 5) is 7.26. The Morgan fingerprint density at radius 3 is 2.88 bits per heavy atom. The molecular formula is C11H14N4O2. The molecule has 1 aliphatic heterocycles. The first kappa shape index (κ1) is 10.5. The Kier molecular flexibility index (Phi) is 2.45. The molecule has 0 bridgehead atoms. The third kappa shape index (κ3) is 1.85. The Hall–Kier alpha value is -1.66. The van der Waals surface area contributed by atoms with Crippen molar-refractivity contribution in [2.75, 3.05) is 13.1 Å². The fraction of sp³-hybridized carbons (Fsp3) is 0.455. The van der Waals surface area contributed by atoms with Crippen LogP contribution in [0.2, 0.25) is 0 Å². The van der Waals surface area contributed by atoms with E-state index in [4.69, 9.17) is 4.52 Å². The lowest BCUT2D eigenvalue weighted by atomic mass is 9.92. The van der Waals surface area contributed by atoms with E-state index in [0.717, 1.165) is 18.8 Å². The van der Waals surface area contributed by atoms with Gasteiger partial charge in [0.1, 0.15) is 5.60 Å². The second-order valence-corrected chi connectivity index (χ2v) is 4.29. The van der Waals surface area contributed by atoms with Gasteiger partial charge in [-0.15, -0.1) is 0 Å². The average molecular weight is 234 g/mol. The van der Waals surface area contributed by atoms with Crippen LogP contribution in [-0.2, 0) is 5.60 Å². The number of nitrogens with one attached hydrogen (secondary N) is 2. The van der Waals surface area contributed by atoms with Crippen molar-refractivity contribution < 1.29 is 9.63 Å². The van der Waals surface area contributed by atoms with Gasteiger partial charge < -0.3 is 19.9 Å². The van der Waals surface area contributed by atoms with Crippen molar-refractivity contribution in [3.05, 3.63) is 24.2 Å². The van der Waals surface area contributed by atoms with Crippen LogP contribution in [0.3, 0.4) is 0 Å². The molecular weight excluding hydrogens is 220 g/mol. The number of nitrogens with zero attached hydrogens (tertiary/aromatic N) is 2. The van der Waals surface area contributed by atoms with Gasteiger partial charge in [0, 0.05) is 6.20 Å². The Morgan fingerprint density at radius 1 is 1.35 bits per heavy atom. The number of H-pyrrole nitrogens is 1. The maximum absolute atomic E-state index is 10.4. The van der Waals surface area contributed by atoms with Crippen molar-refractivity contribution in [1.29, 1.82) is 0 Å². The van der Waals surface area contributed by atoms with Crippen LogP contribution in [0.15, 0.2) is 22.9 Å². The monoisotopic (exact) mass is 234 g/mol. The van der Waals surface area contributed by atoms with Crippen molar-refractivity contribution in [2.45, 2.75) is 18.4 Å². The molecule has 0 spiro atoms. The smallest absolute Gasteiger partial charge is 0.259 e. The molecule has 1 saturated heterocycles. The fourth-order valence-corrected chi connectivity index (χ4v) is 2.05. The van der Waals surface area contributed by atoms with Crippen molar-refractivity contribution >= 4 is 0 Å². The van der Waals surface area contributed by atoms with Crippen LogP contribution in [0.1, 0.15) is 18.7 Å². The van der Waals surface area contributed by atoms with Crippen LogP contribution in [0, 0.1) is 0 Å². The summed E-state index contributed by atoms with van der Waals surface area (Å²) in [6.45, 7) is 1.52. The molecule has 3 rings (SSSR count). The molecule has 1 fully saturated rings. The van der Waals surface area contributed by atoms with E-state index in [0.29, 0.717) is 24.6 Å². The Bertz CT molecular complexity index is 485. The minimum Gasteiger partial charge on any atom is -0.380 e. The second kappa shape index (κ2) is 3.97. The molecule has 0 aromatic carbocycles. The number of hydrogen-bond donors (Lipinski definition) is 3. The summed E-state index contributed by atoms with van der Waals surface area (Å²) in [5, 5.41) is 17.5. The first-order valence-electron chi connectivity index (χ1n) is 5.69. The number of hydrogen-bond acceptors (Lipinski definition) is 5. The third-order valence-electron chi connectivity index (χ3n) is 3.09. The SMILES string of the molecule is OC1(c2nc(-c3ccc[nH]3)no2)CCNCC1. The zero-order valence-corrected chi connectivity index (χ0v) is 9.31. The molecule has 6 heteroatoms. The minimum absolute atomic E-state index is 0.309. The summed E-state index contributed by atoms with van der Waals surface area (Å²) in [5.74, 6) is 0.792. The molecule has 3 N–H and O–H groups in total. The molecule has 3 heterocycles. The van der Waals surface area contributed by atoms with Gasteiger partial charge in [0.15, 0.2) is 0 Å². The van der Waals surface area contributed by atoms with Gasteiger partial charge in [0.05, 0.1) is 5.69 Å². The normalized spacial score (nSPS) is 19.4. The number of aromatic amines is 1. The van der Waals surface area contributed by atoms with E-state index in [9.17, 15) is 5.11 Å². The van der Waals surface area contributed by atoms with Crippen LogP contribution >= 0.6 is 0 Å². The van der Waals surface area contributed by atoms with Gasteiger partial charge in [-0.1, -0.05) is 5.16 Å². The number of aliphatic hydroxyl groups is 1. The highest BCUT2D eigenvalue weighted by molar-refractivity contribution is 5.47. The summed E-state index contributed by atoms with van der Waals surface area (Å²) in [7, 11) is 0. The van der Waals surface area contributed by atoms with Gasteiger partial charge in [-0.05, 0) is 38.1 Å². The maximum Gasteiger partial charge on any atom is 0.259 e. The molecule has 0 unspecified atom stereocenters. The fourth-order valence-electron chi connectivity index (χ4n) is 2.05. The lowest BCUT2D eigenvalue weighted by Gasteiger charge is -2.28. The van der Waals surface area contributed by atoms with Crippen LogP contribution in [0.4, 0.5) is 0 Å². The van der Waals surface area contributed by atoms with Gasteiger partial charge >= 0.3 is 0 Å². The van der Waals surface area contributed by atoms with Crippen LogP contribution in [0.25, 0.3) is 11.5 Å². The molecule has 0 atom stereocenters. The zero-order chi connectivity index (χ0) is 11.7. The summed E-state index contributed by atoms with van der Waals surface area (Å²) >= 11 is 0. The first-order valence-corrected chi connectivity index (χ1v) is 5.69. The van der Waals surface area contributed by atoms with Gasteiger partial charge in [-0.25, -0.2) is 0 Å². The number of piperidine rings is 1. The summed E-state index contributed by atoms with van der Waals surface area (Å²) in [6, 6.07) is 3.73. The van der Waals surface area contributed by atoms with Crippen molar-refractivity contribution in [3.63, 3.8) is 0 Å². The van der Waals surface area contributed by atoms with Crippen molar-refractivity contribution in [2.24, 2.45) is 0 Å². The molecule has 0 radical (unpaired) electrons. The number of rotatable bonds is 2. The van der Waals surface area contributed by atoms with Crippen LogP contribution in [-0.4, -0.2) is 33.3 Å². The van der Waals surface area contributed by atoms with E-state index >= 15 is 0 Å². The molecule has 0 amide bonds. The van der Waals surface area contributed by atoms with Crippen molar-refractivity contribution in [3.8, 4) is 11.5 Å². The standard InChI is InChI=1S/C11H14N4O2/c16-11(3-6-12-7-4-11)10-14-9(15-17-10)8-2-1-5-13-8/h1-2,5,12-13,16H,3-4,6-7H2. The summed E-state index contributed by atoms with van der Waals surface area (Å²) in [6.07, 6.45) is 2.99. The van der Waals surface area contributed by atoms with Crippen molar-refractivity contribution in [1.82, 2.24) is 20.4 Å². The minimum atomic E-state index is -0.983. The molecule has 6 nitrogen and oxygen atoms in total. The second-order valence-electron chi connectivity index (χ2n) is 4.29. The summed E-state index contributed by atoms with van der Waals surface area (Å²) in [5.41, 5.74) is -0.194. The maximum atomic E-state index is 10.4. The van der Waals surface area contributed by atoms with Crippen LogP contribution < -0.4 is 5.32 Å². The molecule has 0 saturated carbocycles. The Morgan fingerprint density at radius 2 is 2.18 bits per heavy atom. The summed E-state index contributed by atoms with van der Waals surface area (Å²) < 4.78 is 5.17. The van der Waals surface area contributed by atoms with E-state index in [2.05, 4.69) is 20.4 Å². The molecule has 2 aromatic heterocycles. The topological polar surface area (TPSA) is 87.0 Å². The first-order chi connectivity index (χ1) is 8.28. The highest BCUT2D eigenvalue weighted by atomic mass is 16.5. The lowest BCUT2D eigenvalue weighted by Crippen LogP contribution is -2.39. The molecule has 90 valence electrons. The van der Waals surface area contributed by atoms with Gasteiger partial charge in [0.25, 0.3) is 5.89 Å². The zero-order valence-electron chi connectivity index (χ0n) is 9.31. The predicted octanol–water partition coefficient (Wildman–Crippen LogP) is 0.636. The molecule has 1 aliphatic rings. The van der Waals surface area contributed by atoms with E-state index in [-0.39, 0.29) is 0 Å². The van der Waals surface area contributed by atoms with Gasteiger partial charge in [-0.3, -0.25) is 0 Å².